The molecule has 1 aliphatic rings. The molecule has 0 aromatic carbocycles. The summed E-state index contributed by atoms with van der Waals surface area (Å²) in [5, 5.41) is 0. The van der Waals surface area contributed by atoms with Gasteiger partial charge < -0.3 is 4.74 Å². The van der Waals surface area contributed by atoms with E-state index in [1.165, 1.54) is 96.3 Å². The SMILES string of the molecule is CC.CCCCCCCCC(CCCCCCCC)OC(=O)C1CCCCC1. The predicted molar refractivity (Wildman–Crippen MR) is 124 cm³/mol. The Kier molecular flexibility index (Phi) is 20.8. The van der Waals surface area contributed by atoms with Gasteiger partial charge in [0.25, 0.3) is 0 Å². The van der Waals surface area contributed by atoms with Crippen molar-refractivity contribution in [3.8, 4) is 0 Å². The van der Waals surface area contributed by atoms with Gasteiger partial charge in [-0.25, -0.2) is 0 Å². The largest absolute Gasteiger partial charge is 0.462 e. The Hall–Kier alpha value is -0.530. The molecule has 0 heterocycles. The minimum atomic E-state index is 0.117. The van der Waals surface area contributed by atoms with Crippen LogP contribution in [0.4, 0.5) is 0 Å². The Morgan fingerprint density at radius 1 is 0.714 bits per heavy atom. The third-order valence-electron chi connectivity index (χ3n) is 5.98. The number of ether oxygens (including phenoxy) is 1. The van der Waals surface area contributed by atoms with Gasteiger partial charge in [0.15, 0.2) is 0 Å². The van der Waals surface area contributed by atoms with Gasteiger partial charge >= 0.3 is 5.97 Å². The molecule has 0 bridgehead atoms. The molecule has 1 fully saturated rings. The molecular weight excluding hydrogens is 344 g/mol. The molecule has 0 spiro atoms. The van der Waals surface area contributed by atoms with E-state index in [4.69, 9.17) is 4.74 Å². The summed E-state index contributed by atoms with van der Waals surface area (Å²) < 4.78 is 6.01. The van der Waals surface area contributed by atoms with Crippen molar-refractivity contribution in [2.45, 2.75) is 156 Å². The highest BCUT2D eigenvalue weighted by molar-refractivity contribution is 5.72. The van der Waals surface area contributed by atoms with Crippen molar-refractivity contribution in [1.29, 1.82) is 0 Å². The molecule has 1 aliphatic carbocycles. The Bertz CT molecular complexity index is 304. The Balaban J connectivity index is 0.00000352. The van der Waals surface area contributed by atoms with Crippen LogP contribution in [-0.2, 0) is 9.53 Å². The molecule has 0 saturated heterocycles. The summed E-state index contributed by atoms with van der Waals surface area (Å²) in [6.45, 7) is 8.53. The number of unbranched alkanes of at least 4 members (excludes halogenated alkanes) is 10. The highest BCUT2D eigenvalue weighted by atomic mass is 16.5. The van der Waals surface area contributed by atoms with Crippen molar-refractivity contribution >= 4 is 5.97 Å². The zero-order chi connectivity index (χ0) is 20.9. The third kappa shape index (κ3) is 15.4. The average molecular weight is 397 g/mol. The molecule has 2 heteroatoms. The lowest BCUT2D eigenvalue weighted by Gasteiger charge is -2.24. The monoisotopic (exact) mass is 396 g/mol. The standard InChI is InChI=1S/C24H46O2.C2H6/c1-3-5-7-9-11-16-20-23(21-17-12-10-8-6-4-2)26-24(25)22-18-14-13-15-19-22;1-2/h22-23H,3-21H2,1-2H3;1-2H3. The molecule has 1 saturated carbocycles. The summed E-state index contributed by atoms with van der Waals surface area (Å²) in [7, 11) is 0. The summed E-state index contributed by atoms with van der Waals surface area (Å²) in [6, 6.07) is 0. The third-order valence-corrected chi connectivity index (χ3v) is 5.98. The van der Waals surface area contributed by atoms with Gasteiger partial charge in [-0.15, -0.1) is 0 Å². The first-order valence-electron chi connectivity index (χ1n) is 13.0. The Morgan fingerprint density at radius 2 is 1.14 bits per heavy atom. The number of hydrogen-bond donors (Lipinski definition) is 0. The molecule has 0 unspecified atom stereocenters. The van der Waals surface area contributed by atoms with Crippen molar-refractivity contribution in [1.82, 2.24) is 0 Å². The van der Waals surface area contributed by atoms with Gasteiger partial charge in [-0.3, -0.25) is 4.79 Å². The number of hydrogen-bond acceptors (Lipinski definition) is 2. The molecular formula is C26H52O2. The van der Waals surface area contributed by atoms with E-state index < -0.39 is 0 Å². The molecule has 28 heavy (non-hydrogen) atoms. The summed E-state index contributed by atoms with van der Waals surface area (Å²) in [6.07, 6.45) is 24.0. The van der Waals surface area contributed by atoms with Crippen LogP contribution in [0, 0.1) is 5.92 Å². The van der Waals surface area contributed by atoms with Gasteiger partial charge in [0, 0.05) is 0 Å². The Labute approximate surface area is 177 Å². The van der Waals surface area contributed by atoms with Gasteiger partial charge in [0.05, 0.1) is 5.92 Å². The van der Waals surface area contributed by atoms with E-state index in [0.29, 0.717) is 0 Å². The molecule has 0 aromatic rings. The number of carbonyl (C=O) groups is 1. The molecule has 168 valence electrons. The van der Waals surface area contributed by atoms with E-state index in [1.54, 1.807) is 0 Å². The average Bonchev–Trinajstić information content (AvgIpc) is 2.74. The Morgan fingerprint density at radius 3 is 1.61 bits per heavy atom. The van der Waals surface area contributed by atoms with E-state index in [0.717, 1.165) is 25.7 Å². The molecule has 1 rings (SSSR count). The van der Waals surface area contributed by atoms with Crippen LogP contribution in [0.25, 0.3) is 0 Å². The van der Waals surface area contributed by atoms with E-state index in [1.807, 2.05) is 13.8 Å². The normalized spacial score (nSPS) is 14.6. The predicted octanol–water partition coefficient (Wildman–Crippen LogP) is 9.01. The molecule has 0 aromatic heterocycles. The molecule has 0 atom stereocenters. The van der Waals surface area contributed by atoms with Crippen LogP contribution in [0.1, 0.15) is 150 Å². The fraction of sp³-hybridized carbons (Fsp3) is 0.962. The quantitative estimate of drug-likeness (QED) is 0.192. The van der Waals surface area contributed by atoms with Crippen LogP contribution in [0.5, 0.6) is 0 Å². The minimum Gasteiger partial charge on any atom is -0.462 e. The second-order valence-corrected chi connectivity index (χ2v) is 8.51. The second kappa shape index (κ2) is 21.2. The smallest absolute Gasteiger partial charge is 0.309 e. The first-order valence-corrected chi connectivity index (χ1v) is 13.0. The van der Waals surface area contributed by atoms with Gasteiger partial charge in [-0.2, -0.15) is 0 Å². The van der Waals surface area contributed by atoms with Crippen molar-refractivity contribution in [2.75, 3.05) is 0 Å². The summed E-state index contributed by atoms with van der Waals surface area (Å²) in [5.74, 6) is 0.312. The fourth-order valence-corrected chi connectivity index (χ4v) is 4.17. The van der Waals surface area contributed by atoms with E-state index in [-0.39, 0.29) is 18.0 Å². The van der Waals surface area contributed by atoms with Gasteiger partial charge in [0.2, 0.25) is 0 Å². The maximum Gasteiger partial charge on any atom is 0.309 e. The second-order valence-electron chi connectivity index (χ2n) is 8.51. The molecule has 2 nitrogen and oxygen atoms in total. The van der Waals surface area contributed by atoms with Gasteiger partial charge in [-0.1, -0.05) is 111 Å². The topological polar surface area (TPSA) is 26.3 Å². The maximum atomic E-state index is 12.5. The number of esters is 1. The lowest BCUT2D eigenvalue weighted by atomic mass is 9.89. The molecule has 0 aliphatic heterocycles. The maximum absolute atomic E-state index is 12.5. The van der Waals surface area contributed by atoms with E-state index >= 15 is 0 Å². The van der Waals surface area contributed by atoms with Crippen LogP contribution < -0.4 is 0 Å². The highest BCUT2D eigenvalue weighted by Gasteiger charge is 2.25. The zero-order valence-corrected chi connectivity index (χ0v) is 19.9. The summed E-state index contributed by atoms with van der Waals surface area (Å²) in [4.78, 5) is 12.5. The van der Waals surface area contributed by atoms with Crippen molar-refractivity contribution in [3.63, 3.8) is 0 Å². The van der Waals surface area contributed by atoms with Crippen LogP contribution in [0.3, 0.4) is 0 Å². The fourth-order valence-electron chi connectivity index (χ4n) is 4.17. The highest BCUT2D eigenvalue weighted by Crippen LogP contribution is 2.26. The zero-order valence-electron chi connectivity index (χ0n) is 19.9. The van der Waals surface area contributed by atoms with Crippen LogP contribution >= 0.6 is 0 Å². The first-order chi connectivity index (χ1) is 13.8. The minimum absolute atomic E-state index is 0.117. The van der Waals surface area contributed by atoms with Crippen molar-refractivity contribution < 1.29 is 9.53 Å². The summed E-state index contributed by atoms with van der Waals surface area (Å²) >= 11 is 0. The number of carbonyl (C=O) groups excluding carboxylic acids is 1. The molecule has 0 amide bonds. The van der Waals surface area contributed by atoms with Crippen molar-refractivity contribution in [3.05, 3.63) is 0 Å². The first kappa shape index (κ1) is 27.5. The van der Waals surface area contributed by atoms with E-state index in [2.05, 4.69) is 13.8 Å². The van der Waals surface area contributed by atoms with E-state index in [9.17, 15) is 4.79 Å². The van der Waals surface area contributed by atoms with Gasteiger partial charge in [0.1, 0.15) is 6.10 Å². The molecule has 0 radical (unpaired) electrons. The lowest BCUT2D eigenvalue weighted by Crippen LogP contribution is -2.26. The van der Waals surface area contributed by atoms with Crippen LogP contribution in [-0.4, -0.2) is 12.1 Å². The van der Waals surface area contributed by atoms with Crippen LogP contribution in [0.15, 0.2) is 0 Å². The lowest BCUT2D eigenvalue weighted by molar-refractivity contribution is -0.156. The van der Waals surface area contributed by atoms with Crippen molar-refractivity contribution in [2.24, 2.45) is 5.92 Å². The van der Waals surface area contributed by atoms with Crippen LogP contribution in [0.2, 0.25) is 0 Å². The number of rotatable bonds is 16. The van der Waals surface area contributed by atoms with Gasteiger partial charge in [-0.05, 0) is 38.5 Å². The summed E-state index contributed by atoms with van der Waals surface area (Å²) in [5.41, 5.74) is 0. The molecule has 0 N–H and O–H groups in total.